The third kappa shape index (κ3) is 2.53. The van der Waals surface area contributed by atoms with Gasteiger partial charge in [0.1, 0.15) is 5.65 Å². The number of pyridine rings is 2. The number of aromatic nitrogens is 3. The van der Waals surface area contributed by atoms with E-state index in [1.54, 1.807) is 12.1 Å². The Bertz CT molecular complexity index is 736. The average Bonchev–Trinajstić information content (AvgIpc) is 2.84. The summed E-state index contributed by atoms with van der Waals surface area (Å²) in [5.74, 6) is -0.449. The molecule has 4 nitrogen and oxygen atoms in total. The number of nitrogens with one attached hydrogen (secondary N) is 1. The van der Waals surface area contributed by atoms with E-state index in [1.165, 1.54) is 6.07 Å². The standard InChI is InChI=1S/C15H15FN4/c1-11-4-3-7-20-13(10-18-15(11)20)9-17-8-12-5-2-6-14(16)19-12/h2-7,10,17H,8-9H2,1H3. The second kappa shape index (κ2) is 5.38. The molecule has 0 aliphatic heterocycles. The highest BCUT2D eigenvalue weighted by Crippen LogP contribution is 2.10. The summed E-state index contributed by atoms with van der Waals surface area (Å²) >= 11 is 0. The van der Waals surface area contributed by atoms with Gasteiger partial charge in [0, 0.05) is 19.3 Å². The van der Waals surface area contributed by atoms with Crippen molar-refractivity contribution < 1.29 is 4.39 Å². The SMILES string of the molecule is Cc1cccn2c(CNCc3cccc(F)n3)cnc12. The largest absolute Gasteiger partial charge is 0.306 e. The summed E-state index contributed by atoms with van der Waals surface area (Å²) in [5.41, 5.74) is 3.87. The van der Waals surface area contributed by atoms with Crippen LogP contribution >= 0.6 is 0 Å². The maximum Gasteiger partial charge on any atom is 0.213 e. The van der Waals surface area contributed by atoms with Crippen LogP contribution in [0.15, 0.2) is 42.7 Å². The number of rotatable bonds is 4. The van der Waals surface area contributed by atoms with Gasteiger partial charge in [-0.3, -0.25) is 0 Å². The Kier molecular flexibility index (Phi) is 3.43. The zero-order valence-corrected chi connectivity index (χ0v) is 11.2. The molecule has 0 aromatic carbocycles. The minimum Gasteiger partial charge on any atom is -0.306 e. The molecule has 5 heteroatoms. The number of halogens is 1. The molecule has 1 N–H and O–H groups in total. The summed E-state index contributed by atoms with van der Waals surface area (Å²) in [6, 6.07) is 8.85. The Morgan fingerprint density at radius 1 is 1.20 bits per heavy atom. The van der Waals surface area contributed by atoms with Crippen molar-refractivity contribution in [3.8, 4) is 0 Å². The molecule has 0 aliphatic rings. The molecular formula is C15H15FN4. The normalized spacial score (nSPS) is 11.1. The van der Waals surface area contributed by atoms with Crippen LogP contribution in [0.5, 0.6) is 0 Å². The van der Waals surface area contributed by atoms with Crippen LogP contribution in [0.2, 0.25) is 0 Å². The van der Waals surface area contributed by atoms with E-state index in [-0.39, 0.29) is 0 Å². The van der Waals surface area contributed by atoms with Crippen molar-refractivity contribution in [1.29, 1.82) is 0 Å². The molecule has 3 heterocycles. The smallest absolute Gasteiger partial charge is 0.213 e. The molecule has 0 amide bonds. The molecular weight excluding hydrogens is 255 g/mol. The predicted molar refractivity (Wildman–Crippen MR) is 74.7 cm³/mol. The lowest BCUT2D eigenvalue weighted by Gasteiger charge is -2.05. The summed E-state index contributed by atoms with van der Waals surface area (Å²) in [6.45, 7) is 3.22. The van der Waals surface area contributed by atoms with Gasteiger partial charge in [-0.1, -0.05) is 12.1 Å². The highest BCUT2D eigenvalue weighted by molar-refractivity contribution is 5.48. The summed E-state index contributed by atoms with van der Waals surface area (Å²) < 4.78 is 15.0. The highest BCUT2D eigenvalue weighted by atomic mass is 19.1. The molecule has 20 heavy (non-hydrogen) atoms. The van der Waals surface area contributed by atoms with E-state index in [0.29, 0.717) is 18.8 Å². The molecule has 3 aromatic heterocycles. The molecule has 0 unspecified atom stereocenters. The van der Waals surface area contributed by atoms with Gasteiger partial charge >= 0.3 is 0 Å². The monoisotopic (exact) mass is 270 g/mol. The minimum absolute atomic E-state index is 0.449. The summed E-state index contributed by atoms with van der Waals surface area (Å²) in [7, 11) is 0. The molecule has 0 saturated carbocycles. The van der Waals surface area contributed by atoms with Gasteiger partial charge in [0.15, 0.2) is 0 Å². The predicted octanol–water partition coefficient (Wildman–Crippen LogP) is 2.47. The van der Waals surface area contributed by atoms with E-state index < -0.39 is 5.95 Å². The quantitative estimate of drug-likeness (QED) is 0.741. The molecule has 0 fully saturated rings. The zero-order chi connectivity index (χ0) is 13.9. The van der Waals surface area contributed by atoms with E-state index in [9.17, 15) is 4.39 Å². The number of nitrogens with zero attached hydrogens (tertiary/aromatic N) is 3. The van der Waals surface area contributed by atoms with Crippen LogP contribution in [-0.2, 0) is 13.1 Å². The van der Waals surface area contributed by atoms with E-state index in [0.717, 1.165) is 16.9 Å². The molecule has 0 spiro atoms. The Morgan fingerprint density at radius 2 is 2.10 bits per heavy atom. The van der Waals surface area contributed by atoms with E-state index in [2.05, 4.69) is 19.7 Å². The first kappa shape index (κ1) is 12.7. The zero-order valence-electron chi connectivity index (χ0n) is 11.2. The van der Waals surface area contributed by atoms with Crippen molar-refractivity contribution >= 4 is 5.65 Å². The van der Waals surface area contributed by atoms with Crippen molar-refractivity contribution in [2.24, 2.45) is 0 Å². The van der Waals surface area contributed by atoms with Crippen LogP contribution in [-0.4, -0.2) is 14.4 Å². The Hall–Kier alpha value is -2.27. The Morgan fingerprint density at radius 3 is 2.95 bits per heavy atom. The molecule has 0 radical (unpaired) electrons. The second-order valence-electron chi connectivity index (χ2n) is 4.69. The first-order valence-corrected chi connectivity index (χ1v) is 6.48. The van der Waals surface area contributed by atoms with E-state index in [1.807, 2.05) is 31.5 Å². The summed E-state index contributed by atoms with van der Waals surface area (Å²) in [6.07, 6.45) is 3.85. The molecule has 0 bridgehead atoms. The van der Waals surface area contributed by atoms with Crippen LogP contribution in [0.3, 0.4) is 0 Å². The van der Waals surface area contributed by atoms with Gasteiger partial charge in [0.2, 0.25) is 5.95 Å². The lowest BCUT2D eigenvalue weighted by Crippen LogP contribution is -2.15. The van der Waals surface area contributed by atoms with Crippen LogP contribution in [0.1, 0.15) is 17.0 Å². The lowest BCUT2D eigenvalue weighted by molar-refractivity contribution is 0.567. The van der Waals surface area contributed by atoms with Gasteiger partial charge < -0.3 is 9.72 Å². The number of aryl methyl sites for hydroxylation is 1. The van der Waals surface area contributed by atoms with Crippen molar-refractivity contribution in [1.82, 2.24) is 19.7 Å². The van der Waals surface area contributed by atoms with Crippen molar-refractivity contribution in [2.45, 2.75) is 20.0 Å². The van der Waals surface area contributed by atoms with Gasteiger partial charge in [0.25, 0.3) is 0 Å². The Labute approximate surface area is 116 Å². The van der Waals surface area contributed by atoms with Crippen LogP contribution < -0.4 is 5.32 Å². The van der Waals surface area contributed by atoms with Gasteiger partial charge in [-0.25, -0.2) is 9.97 Å². The average molecular weight is 270 g/mol. The van der Waals surface area contributed by atoms with Gasteiger partial charge in [-0.2, -0.15) is 4.39 Å². The third-order valence-corrected chi connectivity index (χ3v) is 3.19. The fourth-order valence-electron chi connectivity index (χ4n) is 2.20. The number of imidazole rings is 1. The number of hydrogen-bond acceptors (Lipinski definition) is 3. The summed E-state index contributed by atoms with van der Waals surface area (Å²) in [4.78, 5) is 8.22. The minimum atomic E-state index is -0.449. The molecule has 0 atom stereocenters. The van der Waals surface area contributed by atoms with Crippen LogP contribution in [0.4, 0.5) is 4.39 Å². The van der Waals surface area contributed by atoms with E-state index >= 15 is 0 Å². The van der Waals surface area contributed by atoms with Gasteiger partial charge in [-0.05, 0) is 30.7 Å². The first-order valence-electron chi connectivity index (χ1n) is 6.48. The van der Waals surface area contributed by atoms with Gasteiger partial charge in [-0.15, -0.1) is 0 Å². The van der Waals surface area contributed by atoms with E-state index in [4.69, 9.17) is 0 Å². The second-order valence-corrected chi connectivity index (χ2v) is 4.69. The fraction of sp³-hybridized carbons (Fsp3) is 0.200. The third-order valence-electron chi connectivity index (χ3n) is 3.19. The molecule has 3 rings (SSSR count). The molecule has 3 aromatic rings. The number of fused-ring (bicyclic) bond motifs is 1. The van der Waals surface area contributed by atoms with Crippen LogP contribution in [0.25, 0.3) is 5.65 Å². The maximum absolute atomic E-state index is 13.0. The topological polar surface area (TPSA) is 42.2 Å². The highest BCUT2D eigenvalue weighted by Gasteiger charge is 2.04. The van der Waals surface area contributed by atoms with Crippen molar-refractivity contribution in [3.63, 3.8) is 0 Å². The van der Waals surface area contributed by atoms with Crippen molar-refractivity contribution in [3.05, 3.63) is 65.6 Å². The molecule has 102 valence electrons. The molecule has 0 saturated heterocycles. The lowest BCUT2D eigenvalue weighted by atomic mass is 10.3. The van der Waals surface area contributed by atoms with Crippen LogP contribution in [0, 0.1) is 12.9 Å². The maximum atomic E-state index is 13.0. The number of hydrogen-bond donors (Lipinski definition) is 1. The first-order chi connectivity index (χ1) is 9.74. The summed E-state index contributed by atoms with van der Waals surface area (Å²) in [5, 5.41) is 3.25. The fourth-order valence-corrected chi connectivity index (χ4v) is 2.20. The Balaban J connectivity index is 1.70. The van der Waals surface area contributed by atoms with Gasteiger partial charge in [0.05, 0.1) is 17.6 Å². The molecule has 0 aliphatic carbocycles. The van der Waals surface area contributed by atoms with Crippen molar-refractivity contribution in [2.75, 3.05) is 0 Å².